The van der Waals surface area contributed by atoms with Crippen molar-refractivity contribution in [3.63, 3.8) is 0 Å². The van der Waals surface area contributed by atoms with E-state index in [1.165, 1.54) is 0 Å². The summed E-state index contributed by atoms with van der Waals surface area (Å²) in [5.41, 5.74) is 5.28. The number of hydrogen-bond donors (Lipinski definition) is 1. The van der Waals surface area contributed by atoms with Crippen LogP contribution in [0.4, 0.5) is 11.6 Å². The second-order valence-electron chi connectivity index (χ2n) is 9.81. The predicted octanol–water partition coefficient (Wildman–Crippen LogP) is 3.48. The number of rotatable bonds is 7. The van der Waals surface area contributed by atoms with Gasteiger partial charge in [0, 0.05) is 48.6 Å². The van der Waals surface area contributed by atoms with E-state index in [4.69, 9.17) is 9.72 Å². The largest absolute Gasteiger partial charge is 0.380 e. The van der Waals surface area contributed by atoms with Crippen molar-refractivity contribution in [2.24, 2.45) is 5.41 Å². The summed E-state index contributed by atoms with van der Waals surface area (Å²) in [5, 5.41) is 16.1. The third-order valence-electron chi connectivity index (χ3n) is 6.68. The van der Waals surface area contributed by atoms with Gasteiger partial charge in [-0.15, -0.1) is 5.10 Å². The van der Waals surface area contributed by atoms with Crippen molar-refractivity contribution < 1.29 is 4.74 Å². The SMILES string of the molecule is CC(C)c1cnnc(Nc2ccc3ncc(-c4cnn(CCN5CC6(COC6)C5)c4)cc3n2)c1. The number of ether oxygens (including phenoxy) is 1. The van der Waals surface area contributed by atoms with Gasteiger partial charge in [0.15, 0.2) is 5.82 Å². The molecule has 9 heteroatoms. The van der Waals surface area contributed by atoms with E-state index in [0.29, 0.717) is 23.0 Å². The fourth-order valence-corrected chi connectivity index (χ4v) is 4.64. The molecule has 0 aliphatic carbocycles. The van der Waals surface area contributed by atoms with Crippen molar-refractivity contribution >= 4 is 22.7 Å². The number of nitrogens with one attached hydrogen (secondary N) is 1. The van der Waals surface area contributed by atoms with Crippen LogP contribution in [-0.2, 0) is 11.3 Å². The van der Waals surface area contributed by atoms with Gasteiger partial charge in [0.2, 0.25) is 0 Å². The molecule has 34 heavy (non-hydrogen) atoms. The summed E-state index contributed by atoms with van der Waals surface area (Å²) in [6.07, 6.45) is 7.66. The van der Waals surface area contributed by atoms with Crippen LogP contribution in [0.25, 0.3) is 22.2 Å². The first-order chi connectivity index (χ1) is 16.6. The first kappa shape index (κ1) is 21.1. The molecule has 9 nitrogen and oxygen atoms in total. The van der Waals surface area contributed by atoms with Crippen LogP contribution in [0, 0.1) is 5.41 Å². The van der Waals surface area contributed by atoms with Gasteiger partial charge in [0.25, 0.3) is 0 Å². The Morgan fingerprint density at radius 1 is 1.00 bits per heavy atom. The van der Waals surface area contributed by atoms with E-state index in [9.17, 15) is 0 Å². The minimum atomic E-state index is 0.383. The molecule has 0 saturated carbocycles. The van der Waals surface area contributed by atoms with Crippen LogP contribution in [0.1, 0.15) is 25.3 Å². The highest BCUT2D eigenvalue weighted by Gasteiger charge is 2.48. The normalized spacial score (nSPS) is 17.1. The van der Waals surface area contributed by atoms with Crippen LogP contribution in [0.3, 0.4) is 0 Å². The Morgan fingerprint density at radius 2 is 1.88 bits per heavy atom. The van der Waals surface area contributed by atoms with E-state index in [0.717, 1.165) is 67.1 Å². The van der Waals surface area contributed by atoms with Crippen molar-refractivity contribution in [1.29, 1.82) is 0 Å². The monoisotopic (exact) mass is 456 g/mol. The van der Waals surface area contributed by atoms with Gasteiger partial charge in [0.1, 0.15) is 5.82 Å². The maximum Gasteiger partial charge on any atom is 0.154 e. The average molecular weight is 457 g/mol. The van der Waals surface area contributed by atoms with Gasteiger partial charge in [-0.1, -0.05) is 13.8 Å². The average Bonchev–Trinajstić information content (AvgIpc) is 3.26. The van der Waals surface area contributed by atoms with Crippen LogP contribution < -0.4 is 5.32 Å². The third-order valence-corrected chi connectivity index (χ3v) is 6.68. The number of fused-ring (bicyclic) bond motifs is 1. The summed E-state index contributed by atoms with van der Waals surface area (Å²) >= 11 is 0. The molecule has 0 amide bonds. The second kappa shape index (κ2) is 8.41. The first-order valence-corrected chi connectivity index (χ1v) is 11.7. The molecule has 2 aliphatic rings. The highest BCUT2D eigenvalue weighted by Crippen LogP contribution is 2.37. The lowest BCUT2D eigenvalue weighted by Gasteiger charge is -2.55. The number of aromatic nitrogens is 6. The summed E-state index contributed by atoms with van der Waals surface area (Å²) in [5.74, 6) is 1.77. The Hall–Kier alpha value is -3.43. The molecule has 0 atom stereocenters. The fourth-order valence-electron chi connectivity index (χ4n) is 4.64. The Morgan fingerprint density at radius 3 is 2.68 bits per heavy atom. The highest BCUT2D eigenvalue weighted by atomic mass is 16.5. The lowest BCUT2D eigenvalue weighted by molar-refractivity contribution is -0.189. The summed E-state index contributed by atoms with van der Waals surface area (Å²) in [4.78, 5) is 11.8. The molecule has 0 bridgehead atoms. The molecule has 6 heterocycles. The van der Waals surface area contributed by atoms with E-state index < -0.39 is 0 Å². The van der Waals surface area contributed by atoms with E-state index in [1.54, 1.807) is 6.20 Å². The molecule has 0 radical (unpaired) electrons. The van der Waals surface area contributed by atoms with E-state index in [-0.39, 0.29) is 0 Å². The highest BCUT2D eigenvalue weighted by molar-refractivity contribution is 5.81. The Balaban J connectivity index is 1.15. The van der Waals surface area contributed by atoms with Crippen molar-refractivity contribution in [3.8, 4) is 11.1 Å². The topological polar surface area (TPSA) is 93.9 Å². The lowest BCUT2D eigenvalue weighted by atomic mass is 9.78. The minimum absolute atomic E-state index is 0.383. The maximum atomic E-state index is 5.36. The van der Waals surface area contributed by atoms with Crippen LogP contribution in [0.15, 0.2) is 49.1 Å². The zero-order valence-electron chi connectivity index (χ0n) is 19.5. The first-order valence-electron chi connectivity index (χ1n) is 11.7. The van der Waals surface area contributed by atoms with E-state index in [2.05, 4.69) is 56.6 Å². The number of likely N-dealkylation sites (tertiary alicyclic amines) is 1. The zero-order valence-corrected chi connectivity index (χ0v) is 19.5. The molecule has 2 fully saturated rings. The van der Waals surface area contributed by atoms with E-state index >= 15 is 0 Å². The minimum Gasteiger partial charge on any atom is -0.380 e. The molecule has 4 aromatic heterocycles. The van der Waals surface area contributed by atoms with Crippen molar-refractivity contribution in [2.75, 3.05) is 38.2 Å². The van der Waals surface area contributed by atoms with Crippen molar-refractivity contribution in [1.82, 2.24) is 34.8 Å². The van der Waals surface area contributed by atoms with Crippen molar-refractivity contribution in [2.45, 2.75) is 26.3 Å². The van der Waals surface area contributed by atoms with Gasteiger partial charge in [-0.05, 0) is 35.7 Å². The van der Waals surface area contributed by atoms with Crippen LogP contribution in [0.5, 0.6) is 0 Å². The third kappa shape index (κ3) is 4.12. The van der Waals surface area contributed by atoms with Crippen LogP contribution >= 0.6 is 0 Å². The molecule has 2 aliphatic heterocycles. The van der Waals surface area contributed by atoms with Gasteiger partial charge in [-0.25, -0.2) is 4.98 Å². The smallest absolute Gasteiger partial charge is 0.154 e. The molecule has 0 unspecified atom stereocenters. The predicted molar refractivity (Wildman–Crippen MR) is 130 cm³/mol. The number of anilines is 2. The number of nitrogens with zero attached hydrogens (tertiary/aromatic N) is 7. The molecule has 1 spiro atoms. The Labute approximate surface area is 198 Å². The standard InChI is InChI=1S/C25H28N8O/c1-17(2)18-8-24(31-27-10-18)30-23-4-3-21-22(29-23)7-19(9-26-21)20-11-28-33(12-20)6-5-32-13-25(14-32)15-34-16-25/h3-4,7-12,17H,5-6,13-16H2,1-2H3,(H,29,30,31). The molecule has 4 aromatic rings. The Bertz CT molecular complexity index is 1320. The molecule has 6 rings (SSSR count). The summed E-state index contributed by atoms with van der Waals surface area (Å²) < 4.78 is 7.37. The Kier molecular flexibility index (Phi) is 5.23. The van der Waals surface area contributed by atoms with Crippen LogP contribution in [0.2, 0.25) is 0 Å². The summed E-state index contributed by atoms with van der Waals surface area (Å²) in [7, 11) is 0. The fraction of sp³-hybridized carbons (Fsp3) is 0.400. The van der Waals surface area contributed by atoms with Crippen molar-refractivity contribution in [3.05, 3.63) is 54.6 Å². The summed E-state index contributed by atoms with van der Waals surface area (Å²) in [6, 6.07) is 7.93. The molecule has 1 N–H and O–H groups in total. The van der Waals surface area contributed by atoms with Gasteiger partial charge >= 0.3 is 0 Å². The van der Waals surface area contributed by atoms with Gasteiger partial charge < -0.3 is 10.1 Å². The molecule has 2 saturated heterocycles. The maximum absolute atomic E-state index is 5.36. The molecule has 0 aromatic carbocycles. The quantitative estimate of drug-likeness (QED) is 0.452. The molecular formula is C25H28N8O. The number of hydrogen-bond acceptors (Lipinski definition) is 8. The van der Waals surface area contributed by atoms with Crippen LogP contribution in [-0.4, -0.2) is 67.7 Å². The van der Waals surface area contributed by atoms with E-state index in [1.807, 2.05) is 35.3 Å². The second-order valence-corrected chi connectivity index (χ2v) is 9.81. The van der Waals surface area contributed by atoms with Gasteiger partial charge in [0.05, 0.1) is 43.2 Å². The lowest BCUT2D eigenvalue weighted by Crippen LogP contribution is -2.66. The molecular weight excluding hydrogens is 428 g/mol. The van der Waals surface area contributed by atoms with Gasteiger partial charge in [-0.2, -0.15) is 10.2 Å². The number of pyridine rings is 2. The summed E-state index contributed by atoms with van der Waals surface area (Å²) in [6.45, 7) is 10.3. The zero-order chi connectivity index (χ0) is 23.1. The van der Waals surface area contributed by atoms with Gasteiger partial charge in [-0.3, -0.25) is 14.6 Å². The molecule has 174 valence electrons.